The molecule has 0 aliphatic heterocycles. The monoisotopic (exact) mass is 314 g/mol. The first-order valence-corrected chi connectivity index (χ1v) is 6.97. The summed E-state index contributed by atoms with van der Waals surface area (Å²) in [6.07, 6.45) is 1.45. The van der Waals surface area contributed by atoms with Crippen LogP contribution in [0.5, 0.6) is 17.2 Å². The number of nitrogens with zero attached hydrogens (tertiary/aromatic N) is 1. The lowest BCUT2D eigenvalue weighted by molar-refractivity contribution is -0.123. The van der Waals surface area contributed by atoms with Crippen LogP contribution in [0.15, 0.2) is 47.6 Å². The average Bonchev–Trinajstić information content (AvgIpc) is 2.54. The molecule has 1 amide bonds. The van der Waals surface area contributed by atoms with Crippen LogP contribution in [0, 0.1) is 6.92 Å². The van der Waals surface area contributed by atoms with Crippen LogP contribution in [0.2, 0.25) is 0 Å². The molecule has 0 saturated heterocycles. The van der Waals surface area contributed by atoms with Crippen LogP contribution in [0.1, 0.15) is 11.1 Å². The zero-order chi connectivity index (χ0) is 16.7. The van der Waals surface area contributed by atoms with Crippen molar-refractivity contribution in [2.24, 2.45) is 5.10 Å². The van der Waals surface area contributed by atoms with Gasteiger partial charge in [-0.25, -0.2) is 5.43 Å². The van der Waals surface area contributed by atoms with E-state index in [9.17, 15) is 9.90 Å². The molecule has 0 spiro atoms. The van der Waals surface area contributed by atoms with Crippen molar-refractivity contribution in [1.82, 2.24) is 5.43 Å². The second-order valence-electron chi connectivity index (χ2n) is 4.83. The molecule has 0 unspecified atom stereocenters. The standard InChI is InChI=1S/C17H18N2O4/c1-12-4-3-5-14(8-12)23-11-17(21)19-18-10-13-6-7-15(20)16(9-13)22-2/h3-10,20H,11H2,1-2H3,(H,19,21). The quantitative estimate of drug-likeness (QED) is 0.633. The number of phenols is 1. The predicted molar refractivity (Wildman–Crippen MR) is 87.1 cm³/mol. The van der Waals surface area contributed by atoms with E-state index < -0.39 is 0 Å². The normalized spacial score (nSPS) is 10.5. The Bertz CT molecular complexity index is 713. The zero-order valence-electron chi connectivity index (χ0n) is 12.9. The Hall–Kier alpha value is -3.02. The van der Waals surface area contributed by atoms with Gasteiger partial charge in [0.15, 0.2) is 18.1 Å². The number of carbonyl (C=O) groups is 1. The molecule has 6 nitrogen and oxygen atoms in total. The molecule has 2 aromatic carbocycles. The van der Waals surface area contributed by atoms with Gasteiger partial charge in [0.2, 0.25) is 0 Å². The van der Waals surface area contributed by atoms with E-state index in [0.717, 1.165) is 5.56 Å². The molecule has 0 aliphatic carbocycles. The maximum atomic E-state index is 11.7. The summed E-state index contributed by atoms with van der Waals surface area (Å²) in [5.41, 5.74) is 4.11. The molecule has 6 heteroatoms. The third-order valence-corrected chi connectivity index (χ3v) is 2.97. The van der Waals surface area contributed by atoms with Crippen LogP contribution < -0.4 is 14.9 Å². The van der Waals surface area contributed by atoms with Crippen molar-refractivity contribution >= 4 is 12.1 Å². The third kappa shape index (κ3) is 5.03. The Morgan fingerprint density at radius 1 is 1.30 bits per heavy atom. The lowest BCUT2D eigenvalue weighted by atomic mass is 10.2. The van der Waals surface area contributed by atoms with Crippen LogP contribution >= 0.6 is 0 Å². The second-order valence-corrected chi connectivity index (χ2v) is 4.83. The van der Waals surface area contributed by atoms with Crippen LogP contribution in [-0.2, 0) is 4.79 Å². The molecule has 2 aromatic rings. The lowest BCUT2D eigenvalue weighted by Crippen LogP contribution is -2.24. The Morgan fingerprint density at radius 3 is 2.87 bits per heavy atom. The number of nitrogens with one attached hydrogen (secondary N) is 1. The van der Waals surface area contributed by atoms with E-state index in [4.69, 9.17) is 9.47 Å². The molecule has 0 heterocycles. The molecule has 23 heavy (non-hydrogen) atoms. The number of hydrogen-bond donors (Lipinski definition) is 2. The molecule has 0 saturated carbocycles. The van der Waals surface area contributed by atoms with Crippen LogP contribution in [0.4, 0.5) is 0 Å². The van der Waals surface area contributed by atoms with E-state index in [1.807, 2.05) is 25.1 Å². The number of carbonyl (C=O) groups excluding carboxylic acids is 1. The topological polar surface area (TPSA) is 80.2 Å². The number of aromatic hydroxyl groups is 1. The maximum absolute atomic E-state index is 11.7. The first-order chi connectivity index (χ1) is 11.1. The highest BCUT2D eigenvalue weighted by Crippen LogP contribution is 2.25. The van der Waals surface area contributed by atoms with Crippen LogP contribution in [0.25, 0.3) is 0 Å². The summed E-state index contributed by atoms with van der Waals surface area (Å²) < 4.78 is 10.4. The fraction of sp³-hybridized carbons (Fsp3) is 0.176. The first kappa shape index (κ1) is 16.4. The van der Waals surface area contributed by atoms with Gasteiger partial charge in [-0.05, 0) is 48.4 Å². The van der Waals surface area contributed by atoms with Crippen LogP contribution in [-0.4, -0.2) is 30.9 Å². The van der Waals surface area contributed by atoms with Gasteiger partial charge < -0.3 is 14.6 Å². The molecule has 0 aliphatic rings. The van der Waals surface area contributed by atoms with E-state index in [1.165, 1.54) is 19.4 Å². The summed E-state index contributed by atoms with van der Waals surface area (Å²) in [5, 5.41) is 13.3. The Labute approximate surface area is 134 Å². The summed E-state index contributed by atoms with van der Waals surface area (Å²) in [7, 11) is 1.46. The number of ether oxygens (including phenoxy) is 2. The molecule has 0 atom stereocenters. The number of hydrazone groups is 1. The molecule has 2 rings (SSSR count). The Kier molecular flexibility index (Phi) is 5.57. The number of aryl methyl sites for hydroxylation is 1. The van der Waals surface area contributed by atoms with Crippen molar-refractivity contribution in [2.75, 3.05) is 13.7 Å². The molecule has 0 radical (unpaired) electrons. The van der Waals surface area contributed by atoms with E-state index in [2.05, 4.69) is 10.5 Å². The van der Waals surface area contributed by atoms with Gasteiger partial charge in [0.25, 0.3) is 5.91 Å². The van der Waals surface area contributed by atoms with Crippen LogP contribution in [0.3, 0.4) is 0 Å². The minimum Gasteiger partial charge on any atom is -0.504 e. The molecule has 0 aromatic heterocycles. The number of hydrogen-bond acceptors (Lipinski definition) is 5. The highest BCUT2D eigenvalue weighted by molar-refractivity contribution is 5.83. The van der Waals surface area contributed by atoms with E-state index in [-0.39, 0.29) is 18.3 Å². The van der Waals surface area contributed by atoms with Gasteiger partial charge in [0.1, 0.15) is 5.75 Å². The molecular weight excluding hydrogens is 296 g/mol. The number of methoxy groups -OCH3 is 1. The van der Waals surface area contributed by atoms with Crippen molar-refractivity contribution in [2.45, 2.75) is 6.92 Å². The summed E-state index contributed by atoms with van der Waals surface area (Å²) in [6, 6.07) is 12.2. The highest BCUT2D eigenvalue weighted by Gasteiger charge is 2.03. The van der Waals surface area contributed by atoms with Crippen molar-refractivity contribution in [3.63, 3.8) is 0 Å². The molecule has 2 N–H and O–H groups in total. The fourth-order valence-electron chi connectivity index (χ4n) is 1.84. The minimum absolute atomic E-state index is 0.0419. The maximum Gasteiger partial charge on any atom is 0.277 e. The SMILES string of the molecule is COc1cc(C=NNC(=O)COc2cccc(C)c2)ccc1O. The smallest absolute Gasteiger partial charge is 0.277 e. The summed E-state index contributed by atoms with van der Waals surface area (Å²) >= 11 is 0. The molecule has 0 bridgehead atoms. The van der Waals surface area contributed by atoms with Gasteiger partial charge >= 0.3 is 0 Å². The van der Waals surface area contributed by atoms with Gasteiger partial charge in [-0.15, -0.1) is 0 Å². The van der Waals surface area contributed by atoms with E-state index in [1.54, 1.807) is 18.2 Å². The van der Waals surface area contributed by atoms with Crippen molar-refractivity contribution in [3.8, 4) is 17.2 Å². The number of benzene rings is 2. The average molecular weight is 314 g/mol. The van der Waals surface area contributed by atoms with E-state index >= 15 is 0 Å². The number of phenolic OH excluding ortho intramolecular Hbond substituents is 1. The fourth-order valence-corrected chi connectivity index (χ4v) is 1.84. The van der Waals surface area contributed by atoms with Gasteiger partial charge in [0.05, 0.1) is 13.3 Å². The summed E-state index contributed by atoms with van der Waals surface area (Å²) in [6.45, 7) is 1.82. The van der Waals surface area contributed by atoms with Crippen molar-refractivity contribution in [1.29, 1.82) is 0 Å². The Balaban J connectivity index is 1.84. The number of rotatable bonds is 6. The van der Waals surface area contributed by atoms with Gasteiger partial charge in [-0.2, -0.15) is 5.10 Å². The largest absolute Gasteiger partial charge is 0.504 e. The zero-order valence-corrected chi connectivity index (χ0v) is 12.9. The lowest BCUT2D eigenvalue weighted by Gasteiger charge is -2.05. The molecule has 120 valence electrons. The van der Waals surface area contributed by atoms with Crippen molar-refractivity contribution in [3.05, 3.63) is 53.6 Å². The van der Waals surface area contributed by atoms with Crippen molar-refractivity contribution < 1.29 is 19.4 Å². The first-order valence-electron chi connectivity index (χ1n) is 6.97. The van der Waals surface area contributed by atoms with Gasteiger partial charge in [-0.3, -0.25) is 4.79 Å². The predicted octanol–water partition coefficient (Wildman–Crippen LogP) is 2.24. The highest BCUT2D eigenvalue weighted by atomic mass is 16.5. The molecular formula is C17H18N2O4. The minimum atomic E-state index is -0.367. The van der Waals surface area contributed by atoms with Gasteiger partial charge in [-0.1, -0.05) is 12.1 Å². The third-order valence-electron chi connectivity index (χ3n) is 2.97. The second kappa shape index (κ2) is 7.84. The number of amides is 1. The summed E-state index contributed by atoms with van der Waals surface area (Å²) in [4.78, 5) is 11.7. The summed E-state index contributed by atoms with van der Waals surface area (Å²) in [5.74, 6) is 0.643. The van der Waals surface area contributed by atoms with E-state index in [0.29, 0.717) is 17.1 Å². The Morgan fingerprint density at radius 2 is 2.13 bits per heavy atom. The molecule has 0 fully saturated rings. The van der Waals surface area contributed by atoms with Gasteiger partial charge in [0, 0.05) is 0 Å².